The van der Waals surface area contributed by atoms with Crippen molar-refractivity contribution < 1.29 is 4.39 Å². The number of halogens is 1. The van der Waals surface area contributed by atoms with E-state index in [2.05, 4.69) is 9.97 Å². The highest BCUT2D eigenvalue weighted by atomic mass is 19.1. The molecule has 0 unspecified atom stereocenters. The summed E-state index contributed by atoms with van der Waals surface area (Å²) < 4.78 is 12.5. The fourth-order valence-corrected chi connectivity index (χ4v) is 0.535. The second-order valence-electron chi connectivity index (χ2n) is 1.75. The Hall–Kier alpha value is -1.23. The molecule has 0 aliphatic rings. The fraction of sp³-hybridized carbons (Fsp3) is 0.200. The van der Waals surface area contributed by atoms with Gasteiger partial charge in [0.15, 0.2) is 0 Å². The molecule has 0 bridgehead atoms. The van der Waals surface area contributed by atoms with Gasteiger partial charge >= 0.3 is 0 Å². The zero-order chi connectivity index (χ0) is 7.56. The topological polar surface area (TPSA) is 77.8 Å². The second-order valence-corrected chi connectivity index (χ2v) is 1.75. The highest BCUT2D eigenvalue weighted by molar-refractivity contribution is 5.18. The first-order valence-corrected chi connectivity index (χ1v) is 2.71. The van der Waals surface area contributed by atoms with Crippen LogP contribution in [-0.4, -0.2) is 9.97 Å². The quantitative estimate of drug-likeness (QED) is 0.525. The predicted molar refractivity (Wildman–Crippen MR) is 34.3 cm³/mol. The predicted octanol–water partition coefficient (Wildman–Crippen LogP) is -0.343. The highest BCUT2D eigenvalue weighted by Gasteiger charge is 2.01. The maximum absolute atomic E-state index is 12.5. The molecule has 0 radical (unpaired) electrons. The number of nitrogens with zero attached hydrogens (tertiary/aromatic N) is 2. The molecular formula is C5H7FN4. The van der Waals surface area contributed by atoms with Gasteiger partial charge in [0.1, 0.15) is 0 Å². The van der Waals surface area contributed by atoms with Crippen LogP contribution in [0.1, 0.15) is 5.56 Å². The third-order valence-corrected chi connectivity index (χ3v) is 1.05. The van der Waals surface area contributed by atoms with Crippen LogP contribution in [-0.2, 0) is 6.54 Å². The van der Waals surface area contributed by atoms with Crippen LogP contribution in [0.3, 0.4) is 0 Å². The van der Waals surface area contributed by atoms with E-state index in [9.17, 15) is 4.39 Å². The van der Waals surface area contributed by atoms with Crippen LogP contribution in [0.4, 0.5) is 10.3 Å². The average molecular weight is 142 g/mol. The van der Waals surface area contributed by atoms with Gasteiger partial charge in [-0.3, -0.25) is 0 Å². The summed E-state index contributed by atoms with van der Waals surface area (Å²) in [7, 11) is 0. The normalized spacial score (nSPS) is 9.80. The fourth-order valence-electron chi connectivity index (χ4n) is 0.535. The molecule has 0 spiro atoms. The summed E-state index contributed by atoms with van der Waals surface area (Å²) in [5, 5.41) is 0. The molecule has 1 rings (SSSR count). The molecule has 1 aromatic heterocycles. The van der Waals surface area contributed by atoms with E-state index >= 15 is 0 Å². The number of aromatic nitrogens is 2. The first-order valence-electron chi connectivity index (χ1n) is 2.71. The smallest absolute Gasteiger partial charge is 0.222 e. The molecule has 0 aliphatic heterocycles. The molecule has 1 heterocycles. The Morgan fingerprint density at radius 3 is 2.80 bits per heavy atom. The number of rotatable bonds is 1. The monoisotopic (exact) mass is 142 g/mol. The van der Waals surface area contributed by atoms with E-state index in [1.165, 1.54) is 6.20 Å². The maximum atomic E-state index is 12.5. The minimum atomic E-state index is -0.644. The van der Waals surface area contributed by atoms with Gasteiger partial charge in [-0.1, -0.05) is 0 Å². The summed E-state index contributed by atoms with van der Waals surface area (Å²) in [4.78, 5) is 6.82. The summed E-state index contributed by atoms with van der Waals surface area (Å²) in [6.07, 6.45) is 1.28. The third kappa shape index (κ3) is 1.19. The number of nitrogen functional groups attached to an aromatic ring is 1. The molecule has 4 nitrogen and oxygen atoms in total. The van der Waals surface area contributed by atoms with Crippen LogP contribution in [0.2, 0.25) is 0 Å². The molecule has 0 aliphatic carbocycles. The van der Waals surface area contributed by atoms with Crippen molar-refractivity contribution in [2.75, 3.05) is 5.73 Å². The third-order valence-electron chi connectivity index (χ3n) is 1.05. The summed E-state index contributed by atoms with van der Waals surface area (Å²) in [5.41, 5.74) is 10.5. The number of nitrogens with two attached hydrogens (primary N) is 2. The van der Waals surface area contributed by atoms with Crippen molar-refractivity contribution in [3.05, 3.63) is 17.7 Å². The summed E-state index contributed by atoms with van der Waals surface area (Å²) in [6.45, 7) is 0.0894. The molecule has 0 atom stereocenters. The minimum Gasteiger partial charge on any atom is -0.368 e. The van der Waals surface area contributed by atoms with Gasteiger partial charge in [-0.15, -0.1) is 0 Å². The van der Waals surface area contributed by atoms with Gasteiger partial charge in [-0.25, -0.2) is 4.98 Å². The summed E-state index contributed by atoms with van der Waals surface area (Å²) >= 11 is 0. The van der Waals surface area contributed by atoms with E-state index in [4.69, 9.17) is 11.5 Å². The van der Waals surface area contributed by atoms with Crippen LogP contribution in [0.25, 0.3) is 0 Å². The van der Waals surface area contributed by atoms with Gasteiger partial charge in [0.25, 0.3) is 0 Å². The second kappa shape index (κ2) is 2.57. The van der Waals surface area contributed by atoms with Crippen LogP contribution in [0.15, 0.2) is 6.20 Å². The lowest BCUT2D eigenvalue weighted by atomic mass is 10.3. The van der Waals surface area contributed by atoms with Crippen molar-refractivity contribution >= 4 is 5.95 Å². The van der Waals surface area contributed by atoms with E-state index in [0.29, 0.717) is 0 Å². The highest BCUT2D eigenvalue weighted by Crippen LogP contribution is 2.01. The Kier molecular flexibility index (Phi) is 1.77. The molecular weight excluding hydrogens is 135 g/mol. The van der Waals surface area contributed by atoms with Crippen LogP contribution >= 0.6 is 0 Å². The van der Waals surface area contributed by atoms with Crippen LogP contribution in [0, 0.1) is 5.95 Å². The molecule has 5 heteroatoms. The first-order chi connectivity index (χ1) is 4.74. The molecule has 0 amide bonds. The van der Waals surface area contributed by atoms with E-state index in [1.54, 1.807) is 0 Å². The molecule has 0 aromatic carbocycles. The van der Waals surface area contributed by atoms with Crippen molar-refractivity contribution in [3.8, 4) is 0 Å². The number of hydrogen-bond donors (Lipinski definition) is 2. The molecule has 54 valence electrons. The molecule has 0 saturated heterocycles. The van der Waals surface area contributed by atoms with Gasteiger partial charge in [0.05, 0.1) is 0 Å². The minimum absolute atomic E-state index is 0.0744. The lowest BCUT2D eigenvalue weighted by molar-refractivity contribution is 0.565. The Balaban J connectivity index is 3.07. The van der Waals surface area contributed by atoms with E-state index < -0.39 is 5.95 Å². The molecule has 10 heavy (non-hydrogen) atoms. The van der Waals surface area contributed by atoms with Crippen molar-refractivity contribution in [2.24, 2.45) is 5.73 Å². The standard InChI is InChI=1S/C5H7FN4/c6-4-3(1-7)2-9-5(8)10-4/h2H,1,7H2,(H2,8,9,10). The van der Waals surface area contributed by atoms with Gasteiger partial charge in [0, 0.05) is 18.3 Å². The van der Waals surface area contributed by atoms with Crippen LogP contribution in [0.5, 0.6) is 0 Å². The van der Waals surface area contributed by atoms with Crippen molar-refractivity contribution in [3.63, 3.8) is 0 Å². The Bertz CT molecular complexity index is 237. The van der Waals surface area contributed by atoms with Gasteiger partial charge in [-0.2, -0.15) is 9.37 Å². The largest absolute Gasteiger partial charge is 0.368 e. The molecule has 0 saturated carbocycles. The summed E-state index contributed by atoms with van der Waals surface area (Å²) in [5.74, 6) is -0.718. The number of anilines is 1. The zero-order valence-electron chi connectivity index (χ0n) is 5.21. The van der Waals surface area contributed by atoms with E-state index in [-0.39, 0.29) is 18.1 Å². The molecule has 4 N–H and O–H groups in total. The van der Waals surface area contributed by atoms with Gasteiger partial charge < -0.3 is 11.5 Å². The lowest BCUT2D eigenvalue weighted by Crippen LogP contribution is -2.05. The zero-order valence-corrected chi connectivity index (χ0v) is 5.21. The Morgan fingerprint density at radius 1 is 1.60 bits per heavy atom. The van der Waals surface area contributed by atoms with Crippen LogP contribution < -0.4 is 11.5 Å². The average Bonchev–Trinajstić information content (AvgIpc) is 1.88. The van der Waals surface area contributed by atoms with Crippen molar-refractivity contribution in [1.29, 1.82) is 0 Å². The lowest BCUT2D eigenvalue weighted by Gasteiger charge is -1.96. The Morgan fingerprint density at radius 2 is 2.30 bits per heavy atom. The van der Waals surface area contributed by atoms with Gasteiger partial charge in [0.2, 0.25) is 11.9 Å². The summed E-state index contributed by atoms with van der Waals surface area (Å²) in [6, 6.07) is 0. The first kappa shape index (κ1) is 6.88. The molecule has 0 fully saturated rings. The van der Waals surface area contributed by atoms with E-state index in [0.717, 1.165) is 0 Å². The van der Waals surface area contributed by atoms with Gasteiger partial charge in [-0.05, 0) is 0 Å². The maximum Gasteiger partial charge on any atom is 0.222 e. The number of hydrogen-bond acceptors (Lipinski definition) is 4. The van der Waals surface area contributed by atoms with Crippen molar-refractivity contribution in [1.82, 2.24) is 9.97 Å². The van der Waals surface area contributed by atoms with E-state index in [1.807, 2.05) is 0 Å². The molecule has 1 aromatic rings. The Labute approximate surface area is 57.1 Å². The SMILES string of the molecule is NCc1cnc(N)nc1F. The van der Waals surface area contributed by atoms with Crippen molar-refractivity contribution in [2.45, 2.75) is 6.54 Å².